The molecule has 0 radical (unpaired) electrons. The van der Waals surface area contributed by atoms with Gasteiger partial charge >= 0.3 is 0 Å². The molecule has 19 heavy (non-hydrogen) atoms. The Morgan fingerprint density at radius 3 is 2.21 bits per heavy atom. The van der Waals surface area contributed by atoms with Crippen LogP contribution in [0.25, 0.3) is 0 Å². The Kier molecular flexibility index (Phi) is 7.12. The molecule has 0 heterocycles. The summed E-state index contributed by atoms with van der Waals surface area (Å²) in [7, 11) is 4.34. The van der Waals surface area contributed by atoms with Crippen LogP contribution in [0.1, 0.15) is 40.0 Å². The van der Waals surface area contributed by atoms with Crippen molar-refractivity contribution in [1.29, 1.82) is 0 Å². The van der Waals surface area contributed by atoms with E-state index in [1.54, 1.807) is 0 Å². The van der Waals surface area contributed by atoms with Gasteiger partial charge in [-0.1, -0.05) is 27.4 Å². The van der Waals surface area contributed by atoms with Gasteiger partial charge in [0.05, 0.1) is 32.9 Å². The fourth-order valence-electron chi connectivity index (χ4n) is 1.80. The van der Waals surface area contributed by atoms with Gasteiger partial charge in [-0.15, -0.1) is 0 Å². The van der Waals surface area contributed by atoms with Gasteiger partial charge < -0.3 is 14.9 Å². The van der Waals surface area contributed by atoms with E-state index in [1.165, 1.54) is 0 Å². The van der Waals surface area contributed by atoms with E-state index >= 15 is 0 Å². The average Bonchev–Trinajstić information content (AvgIpc) is 2.21. The molecule has 0 spiro atoms. The molecule has 0 fully saturated rings. The van der Waals surface area contributed by atoms with Gasteiger partial charge in [0.2, 0.25) is 5.91 Å². The Morgan fingerprint density at radius 1 is 1.21 bits per heavy atom. The van der Waals surface area contributed by atoms with E-state index in [4.69, 9.17) is 5.11 Å². The van der Waals surface area contributed by atoms with Crippen molar-refractivity contribution in [2.45, 2.75) is 40.0 Å². The Hall–Kier alpha value is -1.03. The van der Waals surface area contributed by atoms with E-state index in [0.717, 1.165) is 37.0 Å². The second kappa shape index (κ2) is 7.53. The number of nitrogens with zero attached hydrogens (tertiary/aromatic N) is 1. The van der Waals surface area contributed by atoms with E-state index in [9.17, 15) is 4.79 Å². The molecule has 0 rings (SSSR count). The van der Waals surface area contributed by atoms with Crippen LogP contribution in [0.15, 0.2) is 12.3 Å². The fourth-order valence-corrected chi connectivity index (χ4v) is 1.80. The number of nitrogens with one attached hydrogen (secondary N) is 1. The largest absolute Gasteiger partial charge is 0.513 e. The summed E-state index contributed by atoms with van der Waals surface area (Å²) in [6.07, 6.45) is 2.58. The summed E-state index contributed by atoms with van der Waals surface area (Å²) in [6, 6.07) is 0. The van der Waals surface area contributed by atoms with E-state index in [1.807, 2.05) is 20.8 Å². The summed E-state index contributed by atoms with van der Waals surface area (Å²) in [5.41, 5.74) is -0.314. The van der Waals surface area contributed by atoms with Crippen LogP contribution in [0.5, 0.6) is 0 Å². The van der Waals surface area contributed by atoms with E-state index in [0.29, 0.717) is 6.42 Å². The van der Waals surface area contributed by atoms with Crippen molar-refractivity contribution in [2.75, 3.05) is 33.7 Å². The lowest BCUT2D eigenvalue weighted by molar-refractivity contribution is -0.890. The van der Waals surface area contributed by atoms with Gasteiger partial charge in [0.25, 0.3) is 0 Å². The van der Waals surface area contributed by atoms with Crippen LogP contribution in [0.3, 0.4) is 0 Å². The number of allylic oxidation sites excluding steroid dienone is 1. The van der Waals surface area contributed by atoms with Crippen molar-refractivity contribution >= 4 is 5.91 Å². The van der Waals surface area contributed by atoms with E-state index in [-0.39, 0.29) is 17.1 Å². The highest BCUT2D eigenvalue weighted by atomic mass is 16.3. The number of hydrogen-bond acceptors (Lipinski definition) is 2. The number of hydrogen-bond donors (Lipinski definition) is 2. The molecular weight excluding hydrogens is 240 g/mol. The minimum absolute atomic E-state index is 0.106. The van der Waals surface area contributed by atoms with Gasteiger partial charge in [0.1, 0.15) is 0 Å². The molecule has 4 nitrogen and oxygen atoms in total. The lowest BCUT2D eigenvalue weighted by atomic mass is 9.96. The van der Waals surface area contributed by atoms with Crippen LogP contribution in [-0.2, 0) is 4.79 Å². The fraction of sp³-hybridized carbons (Fsp3) is 0.800. The number of rotatable bonds is 8. The third kappa shape index (κ3) is 9.54. The molecule has 1 amide bonds. The van der Waals surface area contributed by atoms with Crippen LogP contribution in [0.2, 0.25) is 0 Å². The highest BCUT2D eigenvalue weighted by Gasteiger charge is 2.21. The Bertz CT molecular complexity index is 304. The number of aliphatic hydroxyl groups is 1. The van der Waals surface area contributed by atoms with Crippen molar-refractivity contribution in [3.63, 3.8) is 0 Å². The molecule has 2 N–H and O–H groups in total. The van der Waals surface area contributed by atoms with Crippen LogP contribution < -0.4 is 5.32 Å². The molecule has 0 saturated heterocycles. The van der Waals surface area contributed by atoms with Gasteiger partial charge in [0.15, 0.2) is 0 Å². The van der Waals surface area contributed by atoms with Gasteiger partial charge in [0, 0.05) is 31.2 Å². The summed E-state index contributed by atoms with van der Waals surface area (Å²) in [6.45, 7) is 12.0. The van der Waals surface area contributed by atoms with Crippen molar-refractivity contribution < 1.29 is 14.4 Å². The highest BCUT2D eigenvalue weighted by Crippen LogP contribution is 2.12. The van der Waals surface area contributed by atoms with Crippen LogP contribution in [0.4, 0.5) is 0 Å². The zero-order valence-corrected chi connectivity index (χ0v) is 13.3. The zero-order chi connectivity index (χ0) is 15.1. The van der Waals surface area contributed by atoms with Crippen molar-refractivity contribution in [3.8, 4) is 0 Å². The minimum Gasteiger partial charge on any atom is -0.513 e. The normalized spacial score (nSPS) is 12.3. The van der Waals surface area contributed by atoms with Crippen molar-refractivity contribution in [1.82, 2.24) is 5.32 Å². The molecular formula is C15H31N2O2+. The molecule has 112 valence electrons. The average molecular weight is 271 g/mol. The first-order valence-electron chi connectivity index (χ1n) is 7.02. The van der Waals surface area contributed by atoms with Gasteiger partial charge in [-0.25, -0.2) is 0 Å². The topological polar surface area (TPSA) is 49.3 Å². The molecule has 0 aromatic carbocycles. The molecule has 0 saturated carbocycles. The lowest BCUT2D eigenvalue weighted by Gasteiger charge is -2.30. The molecule has 0 bridgehead atoms. The molecule has 0 aromatic heterocycles. The first kappa shape index (κ1) is 18.0. The first-order chi connectivity index (χ1) is 8.54. The Labute approximate surface area is 118 Å². The maximum atomic E-state index is 11.7. The van der Waals surface area contributed by atoms with E-state index in [2.05, 4.69) is 26.0 Å². The second-order valence-electron chi connectivity index (χ2n) is 6.91. The quantitative estimate of drug-likeness (QED) is 0.405. The van der Waals surface area contributed by atoms with Crippen LogP contribution in [0, 0.1) is 5.41 Å². The summed E-state index contributed by atoms with van der Waals surface area (Å²) >= 11 is 0. The van der Waals surface area contributed by atoms with Gasteiger partial charge in [-0.05, 0) is 0 Å². The zero-order valence-electron chi connectivity index (χ0n) is 13.3. The molecule has 0 unspecified atom stereocenters. The highest BCUT2D eigenvalue weighted by molar-refractivity contribution is 5.81. The third-order valence-corrected chi connectivity index (χ3v) is 3.14. The van der Waals surface area contributed by atoms with Crippen molar-refractivity contribution in [2.24, 2.45) is 5.41 Å². The van der Waals surface area contributed by atoms with Crippen LogP contribution in [-0.4, -0.2) is 49.2 Å². The summed E-state index contributed by atoms with van der Waals surface area (Å²) in [5, 5.41) is 12.0. The van der Waals surface area contributed by atoms with Crippen LogP contribution >= 0.6 is 0 Å². The number of aliphatic hydroxyl groups excluding tert-OH is 1. The van der Waals surface area contributed by atoms with Crippen molar-refractivity contribution in [3.05, 3.63) is 12.3 Å². The molecule has 0 aliphatic rings. The molecule has 0 aromatic rings. The summed E-state index contributed by atoms with van der Waals surface area (Å²) in [5.74, 6) is 0.367. The van der Waals surface area contributed by atoms with Gasteiger partial charge in [-0.2, -0.15) is 0 Å². The smallest absolute Gasteiger partial charge is 0.225 e. The Morgan fingerprint density at radius 2 is 1.74 bits per heavy atom. The summed E-state index contributed by atoms with van der Waals surface area (Å²) in [4.78, 5) is 11.7. The lowest BCUT2D eigenvalue weighted by Crippen LogP contribution is -2.43. The molecule has 4 heteroatoms. The number of amides is 1. The predicted octanol–water partition coefficient (Wildman–Crippen LogP) is 2.47. The maximum Gasteiger partial charge on any atom is 0.225 e. The number of carbonyl (C=O) groups is 1. The third-order valence-electron chi connectivity index (χ3n) is 3.14. The maximum absolute atomic E-state index is 11.7. The number of carbonyl (C=O) groups excluding carboxylic acids is 1. The predicted molar refractivity (Wildman–Crippen MR) is 79.9 cm³/mol. The molecule has 0 aliphatic carbocycles. The van der Waals surface area contributed by atoms with E-state index < -0.39 is 0 Å². The first-order valence-corrected chi connectivity index (χ1v) is 7.02. The molecule has 0 atom stereocenters. The molecule has 0 aliphatic heterocycles. The van der Waals surface area contributed by atoms with Gasteiger partial charge in [-0.3, -0.25) is 4.79 Å². The SMILES string of the molecule is C=C(O)CCC[N+](C)(C)CCCNC(=O)C(C)(C)C. The minimum atomic E-state index is -0.314. The summed E-state index contributed by atoms with van der Waals surface area (Å²) < 4.78 is 0.901. The Balaban J connectivity index is 3.80. The monoisotopic (exact) mass is 271 g/mol. The second-order valence-corrected chi connectivity index (χ2v) is 6.91. The standard InChI is InChI=1S/C15H30N2O2/c1-13(18)9-7-11-17(5,6)12-8-10-16-14(19)15(2,3)4/h1,7-12H2,2-6H3,(H-,16,18,19)/p+1. The number of quaternary nitrogens is 1.